The Balaban J connectivity index is 2.96. The van der Waals surface area contributed by atoms with Crippen LogP contribution in [0, 0.1) is 0 Å². The van der Waals surface area contributed by atoms with Gasteiger partial charge >= 0.3 is 11.7 Å². The van der Waals surface area contributed by atoms with Gasteiger partial charge in [0.1, 0.15) is 0 Å². The normalized spacial score (nSPS) is 12.2. The molecule has 0 fully saturated rings. The predicted octanol–water partition coefficient (Wildman–Crippen LogP) is 3.21. The Hall–Kier alpha value is -2.15. The van der Waals surface area contributed by atoms with Gasteiger partial charge in [-0.2, -0.15) is 4.99 Å². The molecule has 0 saturated heterocycles. The highest BCUT2D eigenvalue weighted by Gasteiger charge is 2.20. The molecule has 1 aromatic carbocycles. The molecule has 2 rings (SSSR count). The fourth-order valence-electron chi connectivity index (χ4n) is 2.75. The minimum atomic E-state index is -0.466. The van der Waals surface area contributed by atoms with Crippen molar-refractivity contribution in [3.63, 3.8) is 0 Å². The molecule has 0 atom stereocenters. The third-order valence-electron chi connectivity index (χ3n) is 4.05. The first kappa shape index (κ1) is 19.2. The number of aryl methyl sites for hydroxylation is 1. The predicted molar refractivity (Wildman–Crippen MR) is 102 cm³/mol. The van der Waals surface area contributed by atoms with Crippen LogP contribution in [0.15, 0.2) is 28.0 Å². The summed E-state index contributed by atoms with van der Waals surface area (Å²) in [7, 11) is 1.53. The Morgan fingerprint density at radius 1 is 1.20 bits per heavy atom. The van der Waals surface area contributed by atoms with Crippen LogP contribution in [0.3, 0.4) is 0 Å². The average molecular weight is 362 g/mol. The van der Waals surface area contributed by atoms with Crippen molar-refractivity contribution >= 4 is 17.6 Å². The summed E-state index contributed by atoms with van der Waals surface area (Å²) in [4.78, 5) is 29.3. The first-order valence-electron chi connectivity index (χ1n) is 8.54. The number of nitrogens with zero attached hydrogens (tertiary/aromatic N) is 3. The van der Waals surface area contributed by atoms with E-state index in [1.807, 2.05) is 25.1 Å². The van der Waals surface area contributed by atoms with E-state index in [0.717, 1.165) is 16.8 Å². The van der Waals surface area contributed by atoms with Crippen LogP contribution >= 0.6 is 11.5 Å². The molecule has 25 heavy (non-hydrogen) atoms. The maximum atomic E-state index is 13.0. The van der Waals surface area contributed by atoms with Gasteiger partial charge < -0.3 is 5.32 Å². The molecule has 0 spiro atoms. The van der Waals surface area contributed by atoms with Gasteiger partial charge in [0.2, 0.25) is 4.80 Å². The Morgan fingerprint density at radius 2 is 1.76 bits per heavy atom. The summed E-state index contributed by atoms with van der Waals surface area (Å²) in [5.41, 5.74) is 2.83. The second kappa shape index (κ2) is 7.82. The quantitative estimate of drug-likeness (QED) is 0.907. The topological polar surface area (TPSA) is 68.4 Å². The minimum Gasteiger partial charge on any atom is -0.339 e. The first-order chi connectivity index (χ1) is 11.8. The van der Waals surface area contributed by atoms with Gasteiger partial charge in [0, 0.05) is 13.6 Å². The van der Waals surface area contributed by atoms with E-state index in [2.05, 4.69) is 38.0 Å². The zero-order valence-corrected chi connectivity index (χ0v) is 16.5. The lowest BCUT2D eigenvalue weighted by Crippen LogP contribution is -2.31. The second-order valence-electron chi connectivity index (χ2n) is 6.45. The molecule has 7 heteroatoms. The van der Waals surface area contributed by atoms with Crippen LogP contribution in [0.4, 0.5) is 4.79 Å². The van der Waals surface area contributed by atoms with Crippen LogP contribution in [0.25, 0.3) is 5.69 Å². The number of carbonyl (C=O) groups is 1. The fourth-order valence-corrected chi connectivity index (χ4v) is 3.61. The van der Waals surface area contributed by atoms with Gasteiger partial charge in [0.05, 0.1) is 5.69 Å². The molecule has 2 amide bonds. The van der Waals surface area contributed by atoms with E-state index in [4.69, 9.17) is 0 Å². The van der Waals surface area contributed by atoms with E-state index in [0.29, 0.717) is 11.3 Å². The van der Waals surface area contributed by atoms with Crippen molar-refractivity contribution in [3.8, 4) is 5.69 Å². The van der Waals surface area contributed by atoms with Crippen LogP contribution in [-0.2, 0) is 6.54 Å². The smallest absolute Gasteiger partial charge is 0.339 e. The maximum absolute atomic E-state index is 13.0. The van der Waals surface area contributed by atoms with Crippen molar-refractivity contribution in [2.75, 3.05) is 7.05 Å². The van der Waals surface area contributed by atoms with Crippen LogP contribution in [0.5, 0.6) is 0 Å². The Bertz CT molecular complexity index is 861. The molecular formula is C18H26N4O2S. The molecule has 1 N–H and O–H groups in total. The SMILES string of the molecule is CCn1s/c(=N\C(=O)NC)n(-c2c(C(C)C)cccc2C(C)C)c1=O. The molecule has 1 aromatic heterocycles. The van der Waals surface area contributed by atoms with Gasteiger partial charge in [-0.1, -0.05) is 45.9 Å². The lowest BCUT2D eigenvalue weighted by Gasteiger charge is -2.19. The molecule has 0 bridgehead atoms. The largest absolute Gasteiger partial charge is 0.344 e. The molecule has 2 aromatic rings. The lowest BCUT2D eigenvalue weighted by molar-refractivity contribution is 0.250. The summed E-state index contributed by atoms with van der Waals surface area (Å²) in [6.07, 6.45) is 0. The number of amides is 2. The first-order valence-corrected chi connectivity index (χ1v) is 9.31. The zero-order chi connectivity index (χ0) is 18.7. The van der Waals surface area contributed by atoms with E-state index in [1.54, 1.807) is 8.52 Å². The lowest BCUT2D eigenvalue weighted by atomic mass is 9.92. The highest BCUT2D eigenvalue weighted by atomic mass is 32.1. The van der Waals surface area contributed by atoms with Gasteiger partial charge in [0.15, 0.2) is 0 Å². The number of rotatable bonds is 4. The molecule has 0 saturated carbocycles. The van der Waals surface area contributed by atoms with Crippen LogP contribution in [-0.4, -0.2) is 21.6 Å². The number of hydrogen-bond donors (Lipinski definition) is 1. The van der Waals surface area contributed by atoms with E-state index < -0.39 is 6.03 Å². The van der Waals surface area contributed by atoms with Gasteiger partial charge in [-0.15, -0.1) is 0 Å². The van der Waals surface area contributed by atoms with E-state index >= 15 is 0 Å². The van der Waals surface area contributed by atoms with Crippen LogP contribution < -0.4 is 15.8 Å². The standard InChI is InChI=1S/C18H26N4O2S/c1-7-21-18(24)22(17(25-21)20-16(23)19-6)15-13(11(2)3)9-8-10-14(15)12(4)5/h8-12H,7H2,1-6H3,(H,19,23)/b20-17-. The number of nitrogens with one attached hydrogen (secondary N) is 1. The zero-order valence-electron chi connectivity index (χ0n) is 15.7. The molecule has 0 unspecified atom stereocenters. The maximum Gasteiger partial charge on any atom is 0.344 e. The van der Waals surface area contributed by atoms with Crippen molar-refractivity contribution < 1.29 is 4.79 Å². The van der Waals surface area contributed by atoms with Gasteiger partial charge in [-0.3, -0.25) is 0 Å². The summed E-state index contributed by atoms with van der Waals surface area (Å²) in [6.45, 7) is 10.8. The van der Waals surface area contributed by atoms with E-state index in [9.17, 15) is 9.59 Å². The molecule has 0 aliphatic rings. The summed E-state index contributed by atoms with van der Waals surface area (Å²) >= 11 is 1.21. The number of carbonyl (C=O) groups excluding carboxylic acids is 1. The average Bonchev–Trinajstić information content (AvgIpc) is 2.88. The third kappa shape index (κ3) is 3.76. The summed E-state index contributed by atoms with van der Waals surface area (Å²) in [5, 5.41) is 2.49. The molecular weight excluding hydrogens is 336 g/mol. The molecule has 0 aliphatic carbocycles. The Morgan fingerprint density at radius 3 is 2.20 bits per heavy atom. The van der Waals surface area contributed by atoms with Gasteiger partial charge in [-0.25, -0.2) is 18.1 Å². The fraction of sp³-hybridized carbons (Fsp3) is 0.500. The summed E-state index contributed by atoms with van der Waals surface area (Å²) in [5.74, 6) is 0.479. The molecule has 1 heterocycles. The minimum absolute atomic E-state index is 0.162. The highest BCUT2D eigenvalue weighted by Crippen LogP contribution is 2.29. The van der Waals surface area contributed by atoms with Gasteiger partial charge in [-0.05, 0) is 41.4 Å². The molecule has 6 nitrogen and oxygen atoms in total. The van der Waals surface area contributed by atoms with Gasteiger partial charge in [0.25, 0.3) is 0 Å². The van der Waals surface area contributed by atoms with Crippen molar-refractivity contribution in [2.24, 2.45) is 4.99 Å². The third-order valence-corrected chi connectivity index (χ3v) is 5.12. The highest BCUT2D eigenvalue weighted by molar-refractivity contribution is 7.03. The van der Waals surface area contributed by atoms with Crippen molar-refractivity contribution in [2.45, 2.75) is 53.0 Å². The number of aromatic nitrogens is 2. The van der Waals surface area contributed by atoms with E-state index in [-0.39, 0.29) is 17.5 Å². The molecule has 0 aliphatic heterocycles. The summed E-state index contributed by atoms with van der Waals surface area (Å²) in [6, 6.07) is 5.63. The Labute approximate surface area is 152 Å². The number of benzene rings is 1. The second-order valence-corrected chi connectivity index (χ2v) is 7.44. The monoisotopic (exact) mass is 362 g/mol. The number of hydrogen-bond acceptors (Lipinski definition) is 3. The van der Waals surface area contributed by atoms with Crippen LogP contribution in [0.2, 0.25) is 0 Å². The molecule has 136 valence electrons. The Kier molecular flexibility index (Phi) is 6.00. The van der Waals surface area contributed by atoms with Crippen molar-refractivity contribution in [1.29, 1.82) is 0 Å². The van der Waals surface area contributed by atoms with E-state index in [1.165, 1.54) is 18.6 Å². The number of para-hydroxylation sites is 1. The summed E-state index contributed by atoms with van der Waals surface area (Å²) < 4.78 is 3.21. The molecule has 0 radical (unpaired) electrons. The van der Waals surface area contributed by atoms with Crippen LogP contribution in [0.1, 0.15) is 57.6 Å². The van der Waals surface area contributed by atoms with Crippen molar-refractivity contribution in [3.05, 3.63) is 44.6 Å². The van der Waals surface area contributed by atoms with Crippen molar-refractivity contribution in [1.82, 2.24) is 13.8 Å². The number of urea groups is 1.